The fraction of sp³-hybridized carbons (Fsp3) is 0.364. The van der Waals surface area contributed by atoms with Crippen molar-refractivity contribution < 1.29 is 27.1 Å². The van der Waals surface area contributed by atoms with Gasteiger partial charge in [0, 0.05) is 31.7 Å². The van der Waals surface area contributed by atoms with Gasteiger partial charge in [0.2, 0.25) is 0 Å². The lowest BCUT2D eigenvalue weighted by molar-refractivity contribution is 0.0973. The van der Waals surface area contributed by atoms with Crippen molar-refractivity contribution in [1.82, 2.24) is 10.2 Å². The van der Waals surface area contributed by atoms with Gasteiger partial charge >= 0.3 is 0 Å². The van der Waals surface area contributed by atoms with Crippen molar-refractivity contribution in [2.75, 3.05) is 37.7 Å². The Bertz CT molecular complexity index is 1020. The number of nitrogens with zero attached hydrogens (tertiary/aromatic N) is 2. The highest BCUT2D eigenvalue weighted by Gasteiger charge is 2.30. The SMILES string of the molecule is CC(C)COc1ccc(C(=O)NC(=S)N2CCN(c3c(F)c(F)c(Cl)c(F)c3F)CC2)cc1. The molecule has 3 rings (SSSR count). The molecule has 0 bridgehead atoms. The number of thiocarbonyl (C=S) groups is 1. The topological polar surface area (TPSA) is 44.8 Å². The summed E-state index contributed by atoms with van der Waals surface area (Å²) < 4.78 is 61.5. The Morgan fingerprint density at radius 2 is 1.58 bits per heavy atom. The van der Waals surface area contributed by atoms with Gasteiger partial charge < -0.3 is 14.5 Å². The first kappa shape index (κ1) is 25.0. The van der Waals surface area contributed by atoms with Crippen molar-refractivity contribution in [2.24, 2.45) is 5.92 Å². The fourth-order valence-corrected chi connectivity index (χ4v) is 3.66. The van der Waals surface area contributed by atoms with Crippen LogP contribution in [0.5, 0.6) is 5.75 Å². The second-order valence-corrected chi connectivity index (χ2v) is 8.65. The van der Waals surface area contributed by atoms with E-state index in [-0.39, 0.29) is 31.3 Å². The largest absolute Gasteiger partial charge is 0.493 e. The van der Waals surface area contributed by atoms with Crippen LogP contribution in [0.3, 0.4) is 0 Å². The maximum atomic E-state index is 14.2. The van der Waals surface area contributed by atoms with Crippen molar-refractivity contribution >= 4 is 40.5 Å². The van der Waals surface area contributed by atoms with Crippen molar-refractivity contribution in [3.8, 4) is 5.75 Å². The monoisotopic (exact) mass is 503 g/mol. The molecular weight excluding hydrogens is 482 g/mol. The smallest absolute Gasteiger partial charge is 0.257 e. The number of halogens is 5. The summed E-state index contributed by atoms with van der Waals surface area (Å²) in [5.74, 6) is -5.79. The number of piperazine rings is 1. The van der Waals surface area contributed by atoms with Crippen LogP contribution in [0.2, 0.25) is 5.02 Å². The molecule has 0 atom stereocenters. The van der Waals surface area contributed by atoms with Crippen molar-refractivity contribution in [3.63, 3.8) is 0 Å². The van der Waals surface area contributed by atoms with Gasteiger partial charge in [0.15, 0.2) is 28.4 Å². The maximum absolute atomic E-state index is 14.2. The standard InChI is InChI=1S/C22H22ClF4N3O2S/c1-12(2)11-32-14-5-3-13(4-6-14)21(31)28-22(33)30-9-7-29(8-10-30)20-18(26)16(24)15(23)17(25)19(20)27/h3-6,12H,7-11H2,1-2H3,(H,28,31,33). The Hall–Kier alpha value is -2.59. The zero-order valence-corrected chi connectivity index (χ0v) is 19.5. The summed E-state index contributed by atoms with van der Waals surface area (Å²) >= 11 is 10.6. The quantitative estimate of drug-likeness (QED) is 0.276. The van der Waals surface area contributed by atoms with Gasteiger partial charge in [-0.15, -0.1) is 0 Å². The summed E-state index contributed by atoms with van der Waals surface area (Å²) in [7, 11) is 0. The van der Waals surface area contributed by atoms with Gasteiger partial charge in [0.25, 0.3) is 5.91 Å². The van der Waals surface area contributed by atoms with Crippen LogP contribution in [0.1, 0.15) is 24.2 Å². The van der Waals surface area contributed by atoms with Gasteiger partial charge in [-0.05, 0) is 42.4 Å². The van der Waals surface area contributed by atoms with Crippen molar-refractivity contribution in [2.45, 2.75) is 13.8 Å². The van der Waals surface area contributed by atoms with E-state index in [9.17, 15) is 22.4 Å². The summed E-state index contributed by atoms with van der Waals surface area (Å²) in [5.41, 5.74) is -0.437. The summed E-state index contributed by atoms with van der Waals surface area (Å²) in [5, 5.41) is 1.52. The zero-order chi connectivity index (χ0) is 24.3. The Labute approximate surface area is 199 Å². The number of carbonyl (C=O) groups is 1. The minimum atomic E-state index is -1.64. The van der Waals surface area contributed by atoms with Crippen LogP contribution in [0.15, 0.2) is 24.3 Å². The second kappa shape index (κ2) is 10.6. The molecule has 1 aliphatic rings. The van der Waals surface area contributed by atoms with Crippen LogP contribution < -0.4 is 15.0 Å². The molecule has 33 heavy (non-hydrogen) atoms. The molecule has 5 nitrogen and oxygen atoms in total. The summed E-state index contributed by atoms with van der Waals surface area (Å²) in [6.07, 6.45) is 0. The number of nitrogens with one attached hydrogen (secondary N) is 1. The van der Waals surface area contributed by atoms with Crippen LogP contribution >= 0.6 is 23.8 Å². The number of amides is 1. The maximum Gasteiger partial charge on any atom is 0.257 e. The first-order valence-electron chi connectivity index (χ1n) is 10.2. The number of hydrogen-bond donors (Lipinski definition) is 1. The highest BCUT2D eigenvalue weighted by molar-refractivity contribution is 7.80. The van der Waals surface area contributed by atoms with E-state index in [2.05, 4.69) is 5.32 Å². The molecule has 0 saturated carbocycles. The molecule has 1 saturated heterocycles. The van der Waals surface area contributed by atoms with Gasteiger partial charge in [0.1, 0.15) is 16.5 Å². The van der Waals surface area contributed by atoms with Crippen molar-refractivity contribution in [3.05, 3.63) is 58.1 Å². The van der Waals surface area contributed by atoms with Gasteiger partial charge in [-0.25, -0.2) is 17.6 Å². The third-order valence-corrected chi connectivity index (χ3v) is 5.68. The molecule has 1 heterocycles. The number of benzene rings is 2. The second-order valence-electron chi connectivity index (χ2n) is 7.88. The molecule has 0 spiro atoms. The number of ether oxygens (including phenoxy) is 1. The normalized spacial score (nSPS) is 13.9. The van der Waals surface area contributed by atoms with E-state index < -0.39 is 39.9 Å². The Balaban J connectivity index is 1.58. The lowest BCUT2D eigenvalue weighted by Gasteiger charge is -2.37. The van der Waals surface area contributed by atoms with Crippen LogP contribution in [-0.4, -0.2) is 48.7 Å². The van der Waals surface area contributed by atoms with E-state index in [1.807, 2.05) is 13.8 Å². The first-order chi connectivity index (χ1) is 15.6. The van der Waals surface area contributed by atoms with E-state index in [0.717, 1.165) is 0 Å². The average molecular weight is 504 g/mol. The molecule has 1 N–H and O–H groups in total. The molecule has 2 aromatic rings. The lowest BCUT2D eigenvalue weighted by Crippen LogP contribution is -2.53. The Morgan fingerprint density at radius 1 is 1.03 bits per heavy atom. The molecule has 2 aromatic carbocycles. The molecule has 1 amide bonds. The zero-order valence-electron chi connectivity index (χ0n) is 17.9. The van der Waals surface area contributed by atoms with Crippen LogP contribution in [0.4, 0.5) is 23.2 Å². The predicted molar refractivity (Wildman–Crippen MR) is 122 cm³/mol. The fourth-order valence-electron chi connectivity index (χ4n) is 3.22. The molecule has 0 aromatic heterocycles. The molecular formula is C22H22ClF4N3O2S. The van der Waals surface area contributed by atoms with Gasteiger partial charge in [-0.2, -0.15) is 0 Å². The number of hydrogen-bond acceptors (Lipinski definition) is 4. The van der Waals surface area contributed by atoms with Crippen LogP contribution in [0.25, 0.3) is 0 Å². The number of rotatable bonds is 5. The van der Waals surface area contributed by atoms with Gasteiger partial charge in [-0.3, -0.25) is 10.1 Å². The van der Waals surface area contributed by atoms with E-state index in [1.54, 1.807) is 29.2 Å². The summed E-state index contributed by atoms with van der Waals surface area (Å²) in [6.45, 7) is 5.00. The number of carbonyl (C=O) groups excluding carboxylic acids is 1. The van der Waals surface area contributed by atoms with Crippen LogP contribution in [0, 0.1) is 29.2 Å². The minimum Gasteiger partial charge on any atom is -0.493 e. The third kappa shape index (κ3) is 5.67. The van der Waals surface area contributed by atoms with E-state index in [1.165, 1.54) is 4.90 Å². The molecule has 1 aliphatic heterocycles. The highest BCUT2D eigenvalue weighted by Crippen LogP contribution is 2.33. The average Bonchev–Trinajstić information content (AvgIpc) is 2.81. The Kier molecular flexibility index (Phi) is 8.01. The lowest BCUT2D eigenvalue weighted by atomic mass is 10.2. The minimum absolute atomic E-state index is 0.0201. The van der Waals surface area contributed by atoms with Crippen molar-refractivity contribution in [1.29, 1.82) is 0 Å². The predicted octanol–water partition coefficient (Wildman–Crippen LogP) is 4.77. The Morgan fingerprint density at radius 3 is 2.09 bits per heavy atom. The third-order valence-electron chi connectivity index (χ3n) is 4.99. The van der Waals surface area contributed by atoms with Gasteiger partial charge in [0.05, 0.1) is 6.61 Å². The van der Waals surface area contributed by atoms with E-state index in [4.69, 9.17) is 28.6 Å². The van der Waals surface area contributed by atoms with Crippen LogP contribution in [-0.2, 0) is 0 Å². The first-order valence-corrected chi connectivity index (χ1v) is 11.0. The van der Waals surface area contributed by atoms with E-state index in [0.29, 0.717) is 23.8 Å². The summed E-state index contributed by atoms with van der Waals surface area (Å²) in [4.78, 5) is 15.3. The molecule has 1 fully saturated rings. The number of anilines is 1. The highest BCUT2D eigenvalue weighted by atomic mass is 35.5. The molecule has 11 heteroatoms. The van der Waals surface area contributed by atoms with Gasteiger partial charge in [-0.1, -0.05) is 25.4 Å². The molecule has 0 aliphatic carbocycles. The van der Waals surface area contributed by atoms with E-state index >= 15 is 0 Å². The molecule has 178 valence electrons. The molecule has 0 unspecified atom stereocenters. The molecule has 0 radical (unpaired) electrons. The summed E-state index contributed by atoms with van der Waals surface area (Å²) in [6, 6.07) is 6.60.